The Morgan fingerprint density at radius 3 is 2.95 bits per heavy atom. The van der Waals surface area contributed by atoms with Crippen molar-refractivity contribution in [1.29, 1.82) is 0 Å². The van der Waals surface area contributed by atoms with Crippen LogP contribution in [0.2, 0.25) is 5.02 Å². The average molecular weight is 280 g/mol. The van der Waals surface area contributed by atoms with Crippen molar-refractivity contribution in [3.8, 4) is 5.75 Å². The lowest BCUT2D eigenvalue weighted by atomic mass is 10.2. The van der Waals surface area contributed by atoms with E-state index in [1.165, 1.54) is 0 Å². The molecule has 102 valence electrons. The lowest BCUT2D eigenvalue weighted by Crippen LogP contribution is -2.11. The summed E-state index contributed by atoms with van der Waals surface area (Å²) in [6.07, 6.45) is 3.75. The van der Waals surface area contributed by atoms with Gasteiger partial charge < -0.3 is 14.6 Å². The highest BCUT2D eigenvalue weighted by molar-refractivity contribution is 6.30. The lowest BCUT2D eigenvalue weighted by molar-refractivity contribution is 0.293. The first-order chi connectivity index (χ1) is 9.20. The molecular formula is C14H18ClN3O. The number of aromatic nitrogens is 2. The number of nitrogens with one attached hydrogen (secondary N) is 1. The van der Waals surface area contributed by atoms with Crippen molar-refractivity contribution in [2.75, 3.05) is 13.7 Å². The van der Waals surface area contributed by atoms with Gasteiger partial charge in [0.05, 0.1) is 6.54 Å². The monoisotopic (exact) mass is 279 g/mol. The van der Waals surface area contributed by atoms with E-state index in [9.17, 15) is 0 Å². The zero-order valence-electron chi connectivity index (χ0n) is 11.2. The van der Waals surface area contributed by atoms with Crippen molar-refractivity contribution < 1.29 is 4.74 Å². The van der Waals surface area contributed by atoms with Crippen molar-refractivity contribution in [2.24, 2.45) is 0 Å². The minimum atomic E-state index is 0.607. The zero-order valence-corrected chi connectivity index (χ0v) is 11.9. The van der Waals surface area contributed by atoms with Gasteiger partial charge >= 0.3 is 0 Å². The maximum absolute atomic E-state index is 5.99. The highest BCUT2D eigenvalue weighted by Gasteiger charge is 2.04. The summed E-state index contributed by atoms with van der Waals surface area (Å²) in [6.45, 7) is 4.11. The van der Waals surface area contributed by atoms with Gasteiger partial charge in [0, 0.05) is 29.5 Å². The summed E-state index contributed by atoms with van der Waals surface area (Å²) < 4.78 is 7.89. The zero-order chi connectivity index (χ0) is 13.7. The molecule has 1 heterocycles. The third-order valence-corrected chi connectivity index (χ3v) is 3.14. The van der Waals surface area contributed by atoms with Gasteiger partial charge in [0.1, 0.15) is 18.2 Å². The molecule has 2 aromatic rings. The standard InChI is InChI=1S/C14H18ClN3O/c1-11-17-5-6-18(11)7-8-19-14-4-3-13(15)9-12(14)10-16-2/h3-6,9,16H,7-8,10H2,1-2H3. The molecule has 0 aliphatic heterocycles. The molecule has 0 aliphatic carbocycles. The van der Waals surface area contributed by atoms with Crippen LogP contribution in [0.4, 0.5) is 0 Å². The first-order valence-electron chi connectivity index (χ1n) is 6.24. The van der Waals surface area contributed by atoms with Gasteiger partial charge in [-0.05, 0) is 32.2 Å². The third kappa shape index (κ3) is 3.72. The van der Waals surface area contributed by atoms with E-state index in [0.29, 0.717) is 6.61 Å². The number of imidazole rings is 1. The van der Waals surface area contributed by atoms with E-state index >= 15 is 0 Å². The predicted octanol–water partition coefficient (Wildman–Crippen LogP) is 2.64. The Morgan fingerprint density at radius 1 is 1.42 bits per heavy atom. The number of ether oxygens (including phenoxy) is 1. The molecule has 0 spiro atoms. The van der Waals surface area contributed by atoms with Crippen molar-refractivity contribution in [2.45, 2.75) is 20.0 Å². The molecule has 0 bridgehead atoms. The van der Waals surface area contributed by atoms with Gasteiger partial charge in [-0.1, -0.05) is 11.6 Å². The van der Waals surface area contributed by atoms with Gasteiger partial charge in [0.2, 0.25) is 0 Å². The largest absolute Gasteiger partial charge is 0.491 e. The number of aryl methyl sites for hydroxylation is 1. The number of benzene rings is 1. The fourth-order valence-corrected chi connectivity index (χ4v) is 2.11. The SMILES string of the molecule is CNCc1cc(Cl)ccc1OCCn1ccnc1C. The summed E-state index contributed by atoms with van der Waals surface area (Å²) in [4.78, 5) is 4.18. The minimum absolute atomic E-state index is 0.607. The molecular weight excluding hydrogens is 262 g/mol. The summed E-state index contributed by atoms with van der Waals surface area (Å²) in [5, 5.41) is 3.84. The summed E-state index contributed by atoms with van der Waals surface area (Å²) in [7, 11) is 1.90. The Labute approximate surface area is 118 Å². The van der Waals surface area contributed by atoms with Crippen molar-refractivity contribution >= 4 is 11.6 Å². The second kappa shape index (κ2) is 6.59. The Kier molecular flexibility index (Phi) is 4.82. The van der Waals surface area contributed by atoms with Crippen LogP contribution >= 0.6 is 11.6 Å². The van der Waals surface area contributed by atoms with Crippen LogP contribution in [0.1, 0.15) is 11.4 Å². The molecule has 5 heteroatoms. The molecule has 1 aromatic carbocycles. The van der Waals surface area contributed by atoms with Crippen LogP contribution in [0.3, 0.4) is 0 Å². The van der Waals surface area contributed by atoms with E-state index in [1.807, 2.05) is 38.4 Å². The number of hydrogen-bond acceptors (Lipinski definition) is 3. The maximum Gasteiger partial charge on any atom is 0.123 e. The van der Waals surface area contributed by atoms with E-state index in [0.717, 1.165) is 35.2 Å². The smallest absolute Gasteiger partial charge is 0.123 e. The quantitative estimate of drug-likeness (QED) is 0.884. The van der Waals surface area contributed by atoms with E-state index in [2.05, 4.69) is 14.9 Å². The Balaban J connectivity index is 1.97. The molecule has 0 unspecified atom stereocenters. The molecule has 0 radical (unpaired) electrons. The molecule has 0 saturated heterocycles. The second-order valence-corrected chi connectivity index (χ2v) is 4.74. The maximum atomic E-state index is 5.99. The van der Waals surface area contributed by atoms with Crippen LogP contribution in [-0.4, -0.2) is 23.2 Å². The number of halogens is 1. The summed E-state index contributed by atoms with van der Waals surface area (Å²) in [5.74, 6) is 1.87. The van der Waals surface area contributed by atoms with Crippen LogP contribution < -0.4 is 10.1 Å². The fourth-order valence-electron chi connectivity index (χ4n) is 1.91. The van der Waals surface area contributed by atoms with Gasteiger partial charge in [-0.2, -0.15) is 0 Å². The molecule has 2 rings (SSSR count). The normalized spacial score (nSPS) is 10.7. The van der Waals surface area contributed by atoms with E-state index in [4.69, 9.17) is 16.3 Å². The topological polar surface area (TPSA) is 39.1 Å². The molecule has 4 nitrogen and oxygen atoms in total. The minimum Gasteiger partial charge on any atom is -0.491 e. The molecule has 0 atom stereocenters. The number of nitrogens with zero attached hydrogens (tertiary/aromatic N) is 2. The van der Waals surface area contributed by atoms with Crippen molar-refractivity contribution in [3.05, 3.63) is 47.0 Å². The van der Waals surface area contributed by atoms with E-state index < -0.39 is 0 Å². The molecule has 1 aromatic heterocycles. The van der Waals surface area contributed by atoms with Gasteiger partial charge in [0.15, 0.2) is 0 Å². The van der Waals surface area contributed by atoms with Gasteiger partial charge in [-0.15, -0.1) is 0 Å². The molecule has 0 aliphatic rings. The Bertz CT molecular complexity index is 539. The molecule has 19 heavy (non-hydrogen) atoms. The van der Waals surface area contributed by atoms with Crippen LogP contribution in [0.15, 0.2) is 30.6 Å². The first kappa shape index (κ1) is 13.9. The lowest BCUT2D eigenvalue weighted by Gasteiger charge is -2.12. The van der Waals surface area contributed by atoms with Gasteiger partial charge in [0.25, 0.3) is 0 Å². The van der Waals surface area contributed by atoms with E-state index in [-0.39, 0.29) is 0 Å². The summed E-state index contributed by atoms with van der Waals surface area (Å²) in [5.41, 5.74) is 1.07. The molecule has 0 fully saturated rings. The van der Waals surface area contributed by atoms with Gasteiger partial charge in [-0.25, -0.2) is 4.98 Å². The highest BCUT2D eigenvalue weighted by Crippen LogP contribution is 2.22. The molecule has 1 N–H and O–H groups in total. The predicted molar refractivity (Wildman–Crippen MR) is 76.7 cm³/mol. The Morgan fingerprint density at radius 2 is 2.26 bits per heavy atom. The number of rotatable bonds is 6. The van der Waals surface area contributed by atoms with Crippen molar-refractivity contribution in [3.63, 3.8) is 0 Å². The average Bonchev–Trinajstić information content (AvgIpc) is 2.78. The van der Waals surface area contributed by atoms with Crippen LogP contribution in [0.5, 0.6) is 5.75 Å². The van der Waals surface area contributed by atoms with Crippen LogP contribution in [0, 0.1) is 6.92 Å². The summed E-state index contributed by atoms with van der Waals surface area (Å²) >= 11 is 5.99. The van der Waals surface area contributed by atoms with Gasteiger partial charge in [-0.3, -0.25) is 0 Å². The van der Waals surface area contributed by atoms with Crippen LogP contribution in [0.25, 0.3) is 0 Å². The summed E-state index contributed by atoms with van der Waals surface area (Å²) in [6, 6.07) is 5.68. The first-order valence-corrected chi connectivity index (χ1v) is 6.62. The highest BCUT2D eigenvalue weighted by atomic mass is 35.5. The third-order valence-electron chi connectivity index (χ3n) is 2.90. The van der Waals surface area contributed by atoms with Crippen molar-refractivity contribution in [1.82, 2.24) is 14.9 Å². The fraction of sp³-hybridized carbons (Fsp3) is 0.357. The van der Waals surface area contributed by atoms with E-state index in [1.54, 1.807) is 6.20 Å². The molecule has 0 saturated carbocycles. The van der Waals surface area contributed by atoms with Crippen LogP contribution in [-0.2, 0) is 13.1 Å². The second-order valence-electron chi connectivity index (χ2n) is 4.30. The molecule has 0 amide bonds. The Hall–Kier alpha value is -1.52. The number of hydrogen-bond donors (Lipinski definition) is 1.